The molecule has 14 nitrogen and oxygen atoms in total. The van der Waals surface area contributed by atoms with Crippen LogP contribution in [-0.4, -0.2) is 157 Å². The van der Waals surface area contributed by atoms with Gasteiger partial charge in [0.2, 0.25) is 5.91 Å². The van der Waals surface area contributed by atoms with Gasteiger partial charge in [0.05, 0.1) is 37.0 Å². The van der Waals surface area contributed by atoms with Gasteiger partial charge in [-0.25, -0.2) is 0 Å². The minimum Gasteiger partial charge on any atom is -0.396 e. The summed E-state index contributed by atoms with van der Waals surface area (Å²) in [5, 5.41) is 82.2. The van der Waals surface area contributed by atoms with Crippen molar-refractivity contribution in [3.63, 3.8) is 0 Å². The van der Waals surface area contributed by atoms with Gasteiger partial charge in [0.25, 0.3) is 0 Å². The maximum atomic E-state index is 13.5. The molecule has 10 atom stereocenters. The molecule has 8 N–H and O–H groups in total. The maximum Gasteiger partial charge on any atom is 0.242 e. The molecule has 0 radical (unpaired) electrons. The fourth-order valence-electron chi connectivity index (χ4n) is 6.43. The first-order chi connectivity index (χ1) is 23.6. The molecule has 0 aliphatic carbocycles. The molecular weight excluding hydrogens is 640 g/mol. The molecule has 4 heterocycles. The van der Waals surface area contributed by atoms with E-state index < -0.39 is 67.6 Å². The van der Waals surface area contributed by atoms with Crippen molar-refractivity contribution in [2.24, 2.45) is 0 Å². The minimum absolute atomic E-state index is 0.00214. The maximum absolute atomic E-state index is 13.5. The molecule has 3 aliphatic rings. The second-order valence-electron chi connectivity index (χ2n) is 12.4. The van der Waals surface area contributed by atoms with Gasteiger partial charge in [0.1, 0.15) is 61.5 Å². The highest BCUT2D eigenvalue weighted by Crippen LogP contribution is 2.31. The van der Waals surface area contributed by atoms with Crippen LogP contribution in [0.15, 0.2) is 36.4 Å². The van der Waals surface area contributed by atoms with Crippen molar-refractivity contribution in [1.82, 2.24) is 9.47 Å². The van der Waals surface area contributed by atoms with E-state index >= 15 is 0 Å². The van der Waals surface area contributed by atoms with Crippen molar-refractivity contribution in [2.75, 3.05) is 39.5 Å². The Morgan fingerprint density at radius 3 is 1.73 bits per heavy atom. The van der Waals surface area contributed by atoms with Gasteiger partial charge in [-0.3, -0.25) is 4.79 Å². The van der Waals surface area contributed by atoms with Gasteiger partial charge in [-0.15, -0.1) is 0 Å². The first-order valence-electron chi connectivity index (χ1n) is 16.2. The monoisotopic (exact) mass is 680 g/mol. The summed E-state index contributed by atoms with van der Waals surface area (Å²) in [5.41, 5.74) is 2.44. The molecule has 1 aromatic heterocycles. The highest BCUT2D eigenvalue weighted by molar-refractivity contribution is 6.09. The van der Waals surface area contributed by atoms with Crippen molar-refractivity contribution >= 4 is 27.7 Å². The highest BCUT2D eigenvalue weighted by Gasteiger charge is 2.43. The molecule has 49 heavy (non-hydrogen) atoms. The average molecular weight is 681 g/mol. The molecular formula is C35H40N2O12. The predicted octanol–water partition coefficient (Wildman–Crippen LogP) is -2.57. The summed E-state index contributed by atoms with van der Waals surface area (Å²) in [6, 6.07) is 10.9. The number of nitrogens with zero attached hydrogens (tertiary/aromatic N) is 2. The molecule has 0 unspecified atom stereocenters. The summed E-state index contributed by atoms with van der Waals surface area (Å²) in [4.78, 5) is 15.2. The number of carbonyl (C=O) groups is 1. The fraction of sp³-hybridized carbons (Fsp3) is 0.514. The number of fused-ring (bicyclic) bond motifs is 3. The SMILES string of the molecule is O=C(Cn1c2cc(C#C[C@H]3O[C@H](CO)[C@@H](O)[C@H](O)[C@@H]3O)ccc2c2ccc(C#C[C@H]3O[C@H](CCO)[C@@H](O)[C@H](O)[C@@H]3O)cc21)N1CCOCC1. The van der Waals surface area contributed by atoms with Gasteiger partial charge >= 0.3 is 0 Å². The van der Waals surface area contributed by atoms with E-state index in [0.29, 0.717) is 48.5 Å². The molecule has 3 saturated heterocycles. The van der Waals surface area contributed by atoms with Gasteiger partial charge in [0, 0.05) is 41.6 Å². The smallest absolute Gasteiger partial charge is 0.242 e. The predicted molar refractivity (Wildman–Crippen MR) is 173 cm³/mol. The van der Waals surface area contributed by atoms with Crippen LogP contribution in [0.5, 0.6) is 0 Å². The molecule has 6 rings (SSSR count). The van der Waals surface area contributed by atoms with E-state index in [1.807, 2.05) is 16.7 Å². The fourth-order valence-corrected chi connectivity index (χ4v) is 6.43. The Bertz CT molecular complexity index is 1780. The number of hydrogen-bond donors (Lipinski definition) is 8. The number of aliphatic hydroxyl groups is 8. The standard InChI is InChI=1S/C35H40N2O12/c38-12-9-27-32(43)34(45)30(41)25(48-27)7-3-19-1-5-21-22-6-2-20(4-8-26-31(42)35(46)33(44)28(18-39)49-26)16-24(22)37(23(21)15-19)17-29(40)36-10-13-47-14-11-36/h1-2,5-6,15-16,25-28,30-35,38-39,41-46H,9-14,17-18H2/t25-,26-,27-,28-,30-,31-,32-,33-,34-,35-/m1/s1. The lowest BCUT2D eigenvalue weighted by Crippen LogP contribution is -2.58. The Morgan fingerprint density at radius 1 is 0.714 bits per heavy atom. The first kappa shape index (κ1) is 35.2. The number of aromatic nitrogens is 1. The molecule has 14 heteroatoms. The molecule has 3 aliphatic heterocycles. The van der Waals surface area contributed by atoms with Crippen LogP contribution in [0.1, 0.15) is 17.5 Å². The van der Waals surface area contributed by atoms with E-state index in [4.69, 9.17) is 14.2 Å². The number of ether oxygens (including phenoxy) is 3. The van der Waals surface area contributed by atoms with Crippen molar-refractivity contribution in [1.29, 1.82) is 0 Å². The summed E-state index contributed by atoms with van der Waals surface area (Å²) in [6.07, 6.45) is -13.1. The van der Waals surface area contributed by atoms with Crippen molar-refractivity contribution in [3.8, 4) is 23.7 Å². The number of rotatable bonds is 5. The van der Waals surface area contributed by atoms with E-state index in [1.54, 1.807) is 29.2 Å². The van der Waals surface area contributed by atoms with Crippen LogP contribution in [-0.2, 0) is 25.5 Å². The van der Waals surface area contributed by atoms with Crippen LogP contribution >= 0.6 is 0 Å². The quantitative estimate of drug-likeness (QED) is 0.131. The Kier molecular flexibility index (Phi) is 10.9. The minimum atomic E-state index is -1.55. The Labute approximate surface area is 281 Å². The van der Waals surface area contributed by atoms with Crippen LogP contribution in [0.3, 0.4) is 0 Å². The van der Waals surface area contributed by atoms with E-state index in [9.17, 15) is 45.6 Å². The summed E-state index contributed by atoms with van der Waals surface area (Å²) in [6.45, 7) is 0.955. The lowest BCUT2D eigenvalue weighted by Gasteiger charge is -2.38. The van der Waals surface area contributed by atoms with Crippen LogP contribution < -0.4 is 0 Å². The summed E-state index contributed by atoms with van der Waals surface area (Å²) < 4.78 is 18.5. The summed E-state index contributed by atoms with van der Waals surface area (Å²) in [7, 11) is 0. The van der Waals surface area contributed by atoms with Gasteiger partial charge in [0.15, 0.2) is 0 Å². The number of benzene rings is 2. The zero-order chi connectivity index (χ0) is 34.8. The number of aliphatic hydroxyl groups excluding tert-OH is 8. The molecule has 3 aromatic rings. The zero-order valence-corrected chi connectivity index (χ0v) is 26.5. The lowest BCUT2D eigenvalue weighted by molar-refractivity contribution is -0.214. The van der Waals surface area contributed by atoms with Crippen molar-refractivity contribution < 1.29 is 59.9 Å². The first-order valence-corrected chi connectivity index (χ1v) is 16.2. The van der Waals surface area contributed by atoms with Crippen LogP contribution in [0.2, 0.25) is 0 Å². The summed E-state index contributed by atoms with van der Waals surface area (Å²) in [5.74, 6) is 11.4. The van der Waals surface area contributed by atoms with E-state index in [-0.39, 0.29) is 25.5 Å². The topological polar surface area (TPSA) is 215 Å². The molecule has 3 fully saturated rings. The molecule has 0 spiro atoms. The van der Waals surface area contributed by atoms with E-state index in [1.165, 1.54) is 0 Å². The molecule has 0 saturated carbocycles. The number of morpholine rings is 1. The molecule has 2 aromatic carbocycles. The van der Waals surface area contributed by atoms with Gasteiger partial charge in [-0.05, 0) is 30.7 Å². The largest absolute Gasteiger partial charge is 0.396 e. The number of amides is 1. The Morgan fingerprint density at radius 2 is 1.22 bits per heavy atom. The number of hydrogen-bond acceptors (Lipinski definition) is 12. The van der Waals surface area contributed by atoms with Crippen LogP contribution in [0.25, 0.3) is 21.8 Å². The third-order valence-electron chi connectivity index (χ3n) is 9.26. The summed E-state index contributed by atoms with van der Waals surface area (Å²) >= 11 is 0. The average Bonchev–Trinajstić information content (AvgIpc) is 3.42. The third-order valence-corrected chi connectivity index (χ3v) is 9.26. The highest BCUT2D eigenvalue weighted by atomic mass is 16.5. The van der Waals surface area contributed by atoms with E-state index in [0.717, 1.165) is 10.8 Å². The van der Waals surface area contributed by atoms with Gasteiger partial charge in [-0.2, -0.15) is 0 Å². The van der Waals surface area contributed by atoms with Crippen LogP contribution in [0, 0.1) is 23.7 Å². The van der Waals surface area contributed by atoms with Gasteiger partial charge < -0.3 is 64.5 Å². The molecule has 262 valence electrons. The Hall–Kier alpha value is -3.61. The second kappa shape index (κ2) is 15.1. The zero-order valence-electron chi connectivity index (χ0n) is 26.5. The van der Waals surface area contributed by atoms with Crippen molar-refractivity contribution in [3.05, 3.63) is 47.5 Å². The lowest BCUT2D eigenvalue weighted by atomic mass is 9.93. The van der Waals surface area contributed by atoms with Crippen molar-refractivity contribution in [2.45, 2.75) is 74.0 Å². The van der Waals surface area contributed by atoms with E-state index in [2.05, 4.69) is 23.7 Å². The number of carbonyl (C=O) groups excluding carboxylic acids is 1. The third kappa shape index (κ3) is 7.18. The normalized spacial score (nSPS) is 32.0. The molecule has 0 bridgehead atoms. The van der Waals surface area contributed by atoms with Gasteiger partial charge in [-0.1, -0.05) is 35.8 Å². The van der Waals surface area contributed by atoms with Crippen LogP contribution in [0.4, 0.5) is 0 Å². The second-order valence-corrected chi connectivity index (χ2v) is 12.4. The Balaban J connectivity index is 1.36. The molecule has 1 amide bonds.